The lowest BCUT2D eigenvalue weighted by Crippen LogP contribution is -2.35. The van der Waals surface area contributed by atoms with Crippen LogP contribution in [0.15, 0.2) is 40.4 Å². The van der Waals surface area contributed by atoms with Gasteiger partial charge in [-0.25, -0.2) is 13.4 Å². The largest absolute Gasteiger partial charge is 0.280 e. The summed E-state index contributed by atoms with van der Waals surface area (Å²) in [6.45, 7) is 10.8. The number of benzene rings is 1. The molecule has 0 radical (unpaired) electrons. The standard InChI is InChI=1S/C23H25Cl2N3O3SSi/c1-23(2,3)33(5,6)12-8-11-28-20-15(14-26-22(27-20)32(4,30)31)13-16(21(28)29)19-17(24)9-7-10-18(19)25/h7,9-10,13-14H,11H2,1-6H3. The molecule has 2 aromatic heterocycles. The van der Waals surface area contributed by atoms with Crippen LogP contribution >= 0.6 is 23.2 Å². The van der Waals surface area contributed by atoms with Gasteiger partial charge in [-0.05, 0) is 23.2 Å². The Balaban J connectivity index is 2.33. The molecular weight excluding hydrogens is 497 g/mol. The highest BCUT2D eigenvalue weighted by molar-refractivity contribution is 7.90. The average molecular weight is 523 g/mol. The lowest BCUT2D eigenvalue weighted by Gasteiger charge is -2.31. The molecule has 0 bridgehead atoms. The number of pyridine rings is 1. The van der Waals surface area contributed by atoms with Gasteiger partial charge in [0.05, 0.1) is 22.2 Å². The Morgan fingerprint density at radius 1 is 1.15 bits per heavy atom. The normalized spacial score (nSPS) is 12.5. The van der Waals surface area contributed by atoms with Gasteiger partial charge in [0.1, 0.15) is 13.7 Å². The van der Waals surface area contributed by atoms with Gasteiger partial charge in [0, 0.05) is 23.4 Å². The van der Waals surface area contributed by atoms with Crippen LogP contribution in [0.1, 0.15) is 20.8 Å². The van der Waals surface area contributed by atoms with Gasteiger partial charge in [0.2, 0.25) is 15.0 Å². The zero-order valence-electron chi connectivity index (χ0n) is 19.3. The summed E-state index contributed by atoms with van der Waals surface area (Å²) in [5.41, 5.74) is 3.81. The molecule has 10 heteroatoms. The summed E-state index contributed by atoms with van der Waals surface area (Å²) < 4.78 is 25.4. The van der Waals surface area contributed by atoms with Gasteiger partial charge in [-0.15, -0.1) is 5.54 Å². The molecule has 3 rings (SSSR count). The van der Waals surface area contributed by atoms with E-state index in [2.05, 4.69) is 55.3 Å². The number of hydrogen-bond acceptors (Lipinski definition) is 5. The summed E-state index contributed by atoms with van der Waals surface area (Å²) in [5.74, 6) is 3.15. The number of sulfone groups is 1. The topological polar surface area (TPSA) is 81.9 Å². The van der Waals surface area contributed by atoms with Gasteiger partial charge < -0.3 is 0 Å². The molecule has 33 heavy (non-hydrogen) atoms. The Morgan fingerprint density at radius 3 is 2.30 bits per heavy atom. The Bertz CT molecular complexity index is 1460. The fourth-order valence-electron chi connectivity index (χ4n) is 2.93. The predicted molar refractivity (Wildman–Crippen MR) is 137 cm³/mol. The molecule has 1 aromatic carbocycles. The Kier molecular flexibility index (Phi) is 6.84. The van der Waals surface area contributed by atoms with Crippen molar-refractivity contribution >= 4 is 52.1 Å². The lowest BCUT2D eigenvalue weighted by molar-refractivity contribution is 0.593. The van der Waals surface area contributed by atoms with E-state index in [4.69, 9.17) is 23.2 Å². The maximum Gasteiger partial charge on any atom is 0.261 e. The molecule has 0 unspecified atom stereocenters. The van der Waals surface area contributed by atoms with Crippen LogP contribution in [0.25, 0.3) is 22.2 Å². The van der Waals surface area contributed by atoms with E-state index in [0.29, 0.717) is 21.0 Å². The quantitative estimate of drug-likeness (QED) is 0.268. The number of rotatable bonds is 3. The molecule has 0 saturated carbocycles. The molecule has 0 N–H and O–H groups in total. The highest BCUT2D eigenvalue weighted by atomic mass is 35.5. The Hall–Kier alpha value is -2.18. The van der Waals surface area contributed by atoms with Crippen LogP contribution in [0.5, 0.6) is 0 Å². The maximum absolute atomic E-state index is 13.6. The molecule has 0 amide bonds. The highest BCUT2D eigenvalue weighted by Crippen LogP contribution is 2.35. The van der Waals surface area contributed by atoms with Crippen LogP contribution in [0, 0.1) is 11.5 Å². The summed E-state index contributed by atoms with van der Waals surface area (Å²) >= 11 is 12.7. The monoisotopic (exact) mass is 521 g/mol. The predicted octanol–water partition coefficient (Wildman–Crippen LogP) is 5.22. The minimum atomic E-state index is -3.67. The summed E-state index contributed by atoms with van der Waals surface area (Å²) in [6.07, 6.45) is 2.40. The SMILES string of the molecule is CC(C)(C)[Si](C)(C)C#CCn1c(=O)c(-c2c(Cl)cccc2Cl)cc2cnc(S(C)(=O)=O)nc21. The van der Waals surface area contributed by atoms with Crippen LogP contribution in [0.2, 0.25) is 28.2 Å². The van der Waals surface area contributed by atoms with Crippen molar-refractivity contribution in [1.82, 2.24) is 14.5 Å². The molecule has 0 fully saturated rings. The second-order valence-electron chi connectivity index (χ2n) is 9.43. The van der Waals surface area contributed by atoms with E-state index in [-0.39, 0.29) is 28.0 Å². The number of nitrogens with zero attached hydrogens (tertiary/aromatic N) is 3. The van der Waals surface area contributed by atoms with E-state index < -0.39 is 23.5 Å². The third-order valence-corrected chi connectivity index (χ3v) is 11.9. The minimum absolute atomic E-state index is 0.0397. The van der Waals surface area contributed by atoms with E-state index >= 15 is 0 Å². The van der Waals surface area contributed by atoms with Crippen molar-refractivity contribution in [1.29, 1.82) is 0 Å². The fourth-order valence-corrected chi connectivity index (χ4v) is 4.92. The van der Waals surface area contributed by atoms with E-state index in [1.54, 1.807) is 24.3 Å². The van der Waals surface area contributed by atoms with Crippen LogP contribution in [-0.2, 0) is 16.4 Å². The molecule has 0 aliphatic carbocycles. The second-order valence-corrected chi connectivity index (χ2v) is 17.2. The molecule has 0 aliphatic heterocycles. The number of halogens is 2. The molecular formula is C23H25Cl2N3O3SSi. The van der Waals surface area contributed by atoms with E-state index in [9.17, 15) is 13.2 Å². The van der Waals surface area contributed by atoms with Crippen molar-refractivity contribution in [3.63, 3.8) is 0 Å². The average Bonchev–Trinajstić information content (AvgIpc) is 2.68. The number of fused-ring (bicyclic) bond motifs is 1. The summed E-state index contributed by atoms with van der Waals surface area (Å²) in [5, 5.41) is 0.815. The van der Waals surface area contributed by atoms with Gasteiger partial charge in [-0.3, -0.25) is 9.36 Å². The molecule has 3 aromatic rings. The maximum atomic E-state index is 13.6. The molecule has 0 spiro atoms. The van der Waals surface area contributed by atoms with Crippen LogP contribution in [0.4, 0.5) is 0 Å². The minimum Gasteiger partial charge on any atom is -0.280 e. The second kappa shape index (κ2) is 8.88. The summed E-state index contributed by atoms with van der Waals surface area (Å²) in [7, 11) is -5.60. The highest BCUT2D eigenvalue weighted by Gasteiger charge is 2.33. The molecule has 2 heterocycles. The van der Waals surface area contributed by atoms with Crippen LogP contribution < -0.4 is 5.56 Å². The Morgan fingerprint density at radius 2 is 1.76 bits per heavy atom. The zero-order chi connectivity index (χ0) is 24.8. The van der Waals surface area contributed by atoms with Crippen molar-refractivity contribution in [2.45, 2.75) is 50.6 Å². The van der Waals surface area contributed by atoms with E-state index in [1.807, 2.05) is 0 Å². The van der Waals surface area contributed by atoms with E-state index in [0.717, 1.165) is 6.26 Å². The number of aromatic nitrogens is 3. The first-order chi connectivity index (χ1) is 15.1. The third kappa shape index (κ3) is 5.17. The molecule has 174 valence electrons. The molecule has 0 aliphatic rings. The van der Waals surface area contributed by atoms with Crippen molar-refractivity contribution in [3.05, 3.63) is 50.9 Å². The summed E-state index contributed by atoms with van der Waals surface area (Å²) in [6, 6.07) is 6.57. The Labute approximate surface area is 204 Å². The van der Waals surface area contributed by atoms with Crippen LogP contribution in [-0.4, -0.2) is 37.3 Å². The van der Waals surface area contributed by atoms with Crippen molar-refractivity contribution in [3.8, 4) is 22.6 Å². The van der Waals surface area contributed by atoms with E-state index in [1.165, 1.54) is 10.8 Å². The summed E-state index contributed by atoms with van der Waals surface area (Å²) in [4.78, 5) is 21.7. The van der Waals surface area contributed by atoms with Crippen molar-refractivity contribution < 1.29 is 8.42 Å². The van der Waals surface area contributed by atoms with Gasteiger partial charge in [-0.1, -0.05) is 69.1 Å². The smallest absolute Gasteiger partial charge is 0.261 e. The first kappa shape index (κ1) is 25.4. The first-order valence-corrected chi connectivity index (χ1v) is 15.8. The van der Waals surface area contributed by atoms with Gasteiger partial charge >= 0.3 is 0 Å². The first-order valence-electron chi connectivity index (χ1n) is 10.2. The van der Waals surface area contributed by atoms with Crippen molar-refractivity contribution in [2.75, 3.05) is 6.26 Å². The van der Waals surface area contributed by atoms with Crippen molar-refractivity contribution in [2.24, 2.45) is 0 Å². The van der Waals surface area contributed by atoms with Crippen LogP contribution in [0.3, 0.4) is 0 Å². The van der Waals surface area contributed by atoms with Gasteiger partial charge in [0.25, 0.3) is 5.56 Å². The van der Waals surface area contributed by atoms with Gasteiger partial charge in [0.15, 0.2) is 0 Å². The van der Waals surface area contributed by atoms with Gasteiger partial charge in [-0.2, -0.15) is 4.98 Å². The molecule has 6 nitrogen and oxygen atoms in total. The number of hydrogen-bond donors (Lipinski definition) is 0. The zero-order valence-corrected chi connectivity index (χ0v) is 22.7. The molecule has 0 atom stereocenters. The fraction of sp³-hybridized carbons (Fsp3) is 0.348. The molecule has 0 saturated heterocycles. The lowest BCUT2D eigenvalue weighted by atomic mass is 10.1. The third-order valence-electron chi connectivity index (χ3n) is 5.88.